The summed E-state index contributed by atoms with van der Waals surface area (Å²) < 4.78 is 68.0. The lowest BCUT2D eigenvalue weighted by Crippen LogP contribution is -2.58. The number of pyridine rings is 1. The van der Waals surface area contributed by atoms with Crippen LogP contribution in [-0.2, 0) is 4.74 Å². The Morgan fingerprint density at radius 3 is 2.42 bits per heavy atom. The predicted octanol–water partition coefficient (Wildman–Crippen LogP) is 4.35. The Hall–Kier alpha value is -2.79. The van der Waals surface area contributed by atoms with Gasteiger partial charge in [-0.3, -0.25) is 9.79 Å². The molecule has 0 radical (unpaired) electrons. The number of hydrogen-bond donors (Lipinski definition) is 2. The number of ether oxygens (including phenoxy) is 1. The molecule has 0 saturated carbocycles. The van der Waals surface area contributed by atoms with E-state index in [-0.39, 0.29) is 23.4 Å². The van der Waals surface area contributed by atoms with Gasteiger partial charge in [-0.05, 0) is 44.2 Å². The third-order valence-corrected chi connectivity index (χ3v) is 4.33. The topological polar surface area (TPSA) is 89.6 Å². The second-order valence-corrected chi connectivity index (χ2v) is 7.09. The zero-order chi connectivity index (χ0) is 23.4. The van der Waals surface area contributed by atoms with Crippen molar-refractivity contribution in [3.8, 4) is 0 Å². The summed E-state index contributed by atoms with van der Waals surface area (Å²) in [7, 11) is 0. The predicted molar refractivity (Wildman–Crippen MR) is 105 cm³/mol. The minimum Gasteiger partial charge on any atom is -0.385 e. The Bertz CT molecular complexity index is 969. The lowest BCUT2D eigenvalue weighted by Gasteiger charge is -2.35. The normalized spacial score (nSPS) is 20.9. The van der Waals surface area contributed by atoms with Gasteiger partial charge in [-0.25, -0.2) is 13.8 Å². The summed E-state index contributed by atoms with van der Waals surface area (Å²) in [5.74, 6) is -2.47. The van der Waals surface area contributed by atoms with Gasteiger partial charge in [0.05, 0.1) is 17.7 Å². The Morgan fingerprint density at radius 1 is 1.29 bits per heavy atom. The molecule has 0 unspecified atom stereocenters. The van der Waals surface area contributed by atoms with E-state index >= 15 is 0 Å². The second-order valence-electron chi connectivity index (χ2n) is 6.65. The first-order chi connectivity index (χ1) is 14.3. The minimum absolute atomic E-state index is 0.0588. The first-order valence-corrected chi connectivity index (χ1v) is 9.13. The molecular weight excluding hydrogens is 447 g/mol. The molecule has 0 fully saturated rings. The number of amidine groups is 1. The number of rotatable bonds is 2. The van der Waals surface area contributed by atoms with Crippen LogP contribution < -0.4 is 11.1 Å². The molecule has 0 saturated heterocycles. The Kier molecular flexibility index (Phi) is 7.55. The number of amides is 1. The molecule has 6 nitrogen and oxygen atoms in total. The van der Waals surface area contributed by atoms with Gasteiger partial charge in [-0.2, -0.15) is 13.2 Å². The number of nitrogens with zero attached hydrogens (tertiary/aromatic N) is 2. The largest absolute Gasteiger partial charge is 0.424 e. The van der Waals surface area contributed by atoms with Crippen LogP contribution in [0.4, 0.5) is 27.6 Å². The number of alkyl halides is 3. The lowest BCUT2D eigenvalue weighted by molar-refractivity contribution is -0.245. The van der Waals surface area contributed by atoms with Crippen molar-refractivity contribution in [3.63, 3.8) is 0 Å². The van der Waals surface area contributed by atoms with E-state index in [0.717, 1.165) is 13.0 Å². The van der Waals surface area contributed by atoms with E-state index in [2.05, 4.69) is 20.0 Å². The van der Waals surface area contributed by atoms with Gasteiger partial charge in [0.25, 0.3) is 5.91 Å². The third-order valence-electron chi connectivity index (χ3n) is 4.13. The molecule has 2 atom stereocenters. The van der Waals surface area contributed by atoms with Crippen LogP contribution in [0.25, 0.3) is 0 Å². The van der Waals surface area contributed by atoms with Crippen molar-refractivity contribution in [2.24, 2.45) is 10.7 Å². The Morgan fingerprint density at radius 2 is 1.90 bits per heavy atom. The number of nitrogens with one attached hydrogen (secondary N) is 1. The molecule has 0 bridgehead atoms. The number of aliphatic imine (C=N–C) groups is 1. The van der Waals surface area contributed by atoms with E-state index in [0.29, 0.717) is 5.69 Å². The average molecular weight is 465 g/mol. The number of carbonyl (C=O) groups excluding carboxylic acids is 1. The van der Waals surface area contributed by atoms with Crippen LogP contribution in [0.2, 0.25) is 5.02 Å². The fourth-order valence-corrected chi connectivity index (χ4v) is 2.44. The van der Waals surface area contributed by atoms with Crippen LogP contribution in [0.15, 0.2) is 41.5 Å². The van der Waals surface area contributed by atoms with Crippen LogP contribution in [-0.4, -0.2) is 41.2 Å². The molecule has 2 heterocycles. The van der Waals surface area contributed by atoms with Crippen LogP contribution in [0.3, 0.4) is 0 Å². The Balaban J connectivity index is 0.000000233. The molecular formula is C19H18ClF5N4O2. The molecule has 1 amide bonds. The number of anilines is 1. The molecule has 0 spiro atoms. The van der Waals surface area contributed by atoms with Gasteiger partial charge in [-0.1, -0.05) is 11.6 Å². The van der Waals surface area contributed by atoms with Crippen molar-refractivity contribution in [3.05, 3.63) is 58.9 Å². The third kappa shape index (κ3) is 6.11. The van der Waals surface area contributed by atoms with Crippen LogP contribution >= 0.6 is 11.6 Å². The van der Waals surface area contributed by atoms with Crippen molar-refractivity contribution in [1.29, 1.82) is 0 Å². The minimum atomic E-state index is -4.51. The fraction of sp³-hybridized carbons (Fsp3) is 0.316. The van der Waals surface area contributed by atoms with Gasteiger partial charge < -0.3 is 15.8 Å². The number of benzene rings is 1. The SMILES string of the molecule is C[C@H]1CO[C@@](C)(C(F)(F)F)C(N)=N1.O=C(Nc1ccc(F)cc1)c1ncc(Cl)cc1F. The molecule has 168 valence electrons. The summed E-state index contributed by atoms with van der Waals surface area (Å²) in [5.41, 5.74) is 2.75. The summed E-state index contributed by atoms with van der Waals surface area (Å²) in [6.07, 6.45) is -3.34. The summed E-state index contributed by atoms with van der Waals surface area (Å²) in [4.78, 5) is 18.9. The first-order valence-electron chi connectivity index (χ1n) is 8.76. The molecule has 31 heavy (non-hydrogen) atoms. The van der Waals surface area contributed by atoms with E-state index in [1.165, 1.54) is 30.5 Å². The summed E-state index contributed by atoms with van der Waals surface area (Å²) >= 11 is 5.52. The molecule has 3 N–H and O–H groups in total. The maximum atomic E-state index is 13.4. The number of aromatic nitrogens is 1. The van der Waals surface area contributed by atoms with Crippen molar-refractivity contribution >= 4 is 29.0 Å². The number of carbonyl (C=O) groups is 1. The van der Waals surface area contributed by atoms with E-state index in [1.54, 1.807) is 6.92 Å². The van der Waals surface area contributed by atoms with Gasteiger partial charge in [0, 0.05) is 11.9 Å². The average Bonchev–Trinajstić information content (AvgIpc) is 2.66. The van der Waals surface area contributed by atoms with E-state index in [9.17, 15) is 26.7 Å². The first kappa shape index (κ1) is 24.5. The number of nitrogens with two attached hydrogens (primary N) is 1. The highest BCUT2D eigenvalue weighted by Gasteiger charge is 2.57. The van der Waals surface area contributed by atoms with Crippen LogP contribution in [0, 0.1) is 11.6 Å². The van der Waals surface area contributed by atoms with Crippen molar-refractivity contribution in [2.45, 2.75) is 31.7 Å². The standard InChI is InChI=1S/C12H7ClF2N2O.C7H11F3N2O/c13-7-5-10(15)11(16-6-7)12(18)17-9-3-1-8(14)2-4-9;1-4-3-13-6(2,5(11)12-4)7(8,9)10/h1-6H,(H,17,18);4H,3H2,1-2H3,(H2,11,12)/t;4-,6+/m.0/s1. The quantitative estimate of drug-likeness (QED) is 0.647. The number of hydrogen-bond acceptors (Lipinski definition) is 5. The maximum absolute atomic E-state index is 13.4. The van der Waals surface area contributed by atoms with Crippen molar-refractivity contribution in [2.75, 3.05) is 11.9 Å². The van der Waals surface area contributed by atoms with E-state index in [4.69, 9.17) is 17.3 Å². The second kappa shape index (κ2) is 9.56. The molecule has 1 aliphatic heterocycles. The maximum Gasteiger partial charge on any atom is 0.424 e. The monoisotopic (exact) mass is 464 g/mol. The summed E-state index contributed by atoms with van der Waals surface area (Å²) in [6, 6.07) is 5.77. The zero-order valence-electron chi connectivity index (χ0n) is 16.3. The van der Waals surface area contributed by atoms with Crippen LogP contribution in [0.1, 0.15) is 24.3 Å². The van der Waals surface area contributed by atoms with Gasteiger partial charge in [0.2, 0.25) is 5.60 Å². The fourth-order valence-electron chi connectivity index (χ4n) is 2.29. The van der Waals surface area contributed by atoms with Crippen molar-refractivity contribution in [1.82, 2.24) is 4.98 Å². The highest BCUT2D eigenvalue weighted by Crippen LogP contribution is 2.35. The summed E-state index contributed by atoms with van der Waals surface area (Å²) in [5, 5.41) is 2.50. The lowest BCUT2D eigenvalue weighted by atomic mass is 10.0. The molecule has 1 aromatic heterocycles. The molecule has 1 aromatic carbocycles. The van der Waals surface area contributed by atoms with Crippen LogP contribution in [0.5, 0.6) is 0 Å². The molecule has 12 heteroatoms. The van der Waals surface area contributed by atoms with Crippen molar-refractivity contribution < 1.29 is 31.5 Å². The summed E-state index contributed by atoms with van der Waals surface area (Å²) in [6.45, 7) is 2.47. The molecule has 3 rings (SSSR count). The number of halogens is 6. The van der Waals surface area contributed by atoms with E-state index in [1.807, 2.05) is 0 Å². The van der Waals surface area contributed by atoms with Gasteiger partial charge >= 0.3 is 6.18 Å². The molecule has 2 aromatic rings. The highest BCUT2D eigenvalue weighted by atomic mass is 35.5. The molecule has 1 aliphatic rings. The Labute approximate surface area is 179 Å². The van der Waals surface area contributed by atoms with Gasteiger partial charge in [0.1, 0.15) is 11.7 Å². The smallest absolute Gasteiger partial charge is 0.385 e. The van der Waals surface area contributed by atoms with E-state index < -0.39 is 35.2 Å². The van der Waals surface area contributed by atoms with Gasteiger partial charge in [0.15, 0.2) is 11.5 Å². The highest BCUT2D eigenvalue weighted by molar-refractivity contribution is 6.30. The zero-order valence-corrected chi connectivity index (χ0v) is 17.1. The molecule has 0 aliphatic carbocycles. The van der Waals surface area contributed by atoms with Gasteiger partial charge in [-0.15, -0.1) is 0 Å².